The van der Waals surface area contributed by atoms with Gasteiger partial charge in [-0.1, -0.05) is 12.1 Å². The molecule has 3 rings (SSSR count). The Balaban J connectivity index is 1.83. The van der Waals surface area contributed by atoms with E-state index in [4.69, 9.17) is 4.74 Å². The molecule has 0 amide bonds. The van der Waals surface area contributed by atoms with Crippen molar-refractivity contribution < 1.29 is 9.13 Å². The molecule has 1 unspecified atom stereocenters. The number of hydrogen-bond acceptors (Lipinski definition) is 4. The Morgan fingerprint density at radius 3 is 3.00 bits per heavy atom. The molecule has 23 heavy (non-hydrogen) atoms. The van der Waals surface area contributed by atoms with Gasteiger partial charge >= 0.3 is 0 Å². The average molecular weight is 315 g/mol. The maximum atomic E-state index is 13.6. The summed E-state index contributed by atoms with van der Waals surface area (Å²) in [5.74, 6) is 0.633. The molecule has 122 valence electrons. The van der Waals surface area contributed by atoms with E-state index in [2.05, 4.69) is 15.2 Å². The summed E-state index contributed by atoms with van der Waals surface area (Å²) in [6.07, 6.45) is 0. The first-order valence-electron chi connectivity index (χ1n) is 7.87. The first kappa shape index (κ1) is 15.9. The van der Waals surface area contributed by atoms with E-state index in [0.29, 0.717) is 0 Å². The van der Waals surface area contributed by atoms with E-state index in [-0.39, 0.29) is 11.9 Å². The van der Waals surface area contributed by atoms with Gasteiger partial charge in [-0.25, -0.2) is 4.39 Å². The maximum Gasteiger partial charge on any atom is 0.123 e. The number of aromatic nitrogens is 1. The molecule has 1 atom stereocenters. The number of hydrogen-bond donors (Lipinski definition) is 1. The first-order valence-corrected chi connectivity index (χ1v) is 7.87. The number of benzene rings is 1. The molecule has 0 radical (unpaired) electrons. The van der Waals surface area contributed by atoms with Gasteiger partial charge in [0.15, 0.2) is 0 Å². The van der Waals surface area contributed by atoms with Crippen molar-refractivity contribution >= 4 is 0 Å². The number of methoxy groups -OCH3 is 1. The monoisotopic (exact) mass is 315 g/mol. The van der Waals surface area contributed by atoms with Gasteiger partial charge < -0.3 is 10.1 Å². The number of pyridine rings is 1. The van der Waals surface area contributed by atoms with Crippen LogP contribution in [0.2, 0.25) is 0 Å². The van der Waals surface area contributed by atoms with Crippen molar-refractivity contribution in [2.45, 2.75) is 19.5 Å². The van der Waals surface area contributed by atoms with E-state index in [0.717, 1.165) is 48.9 Å². The number of nitrogens with zero attached hydrogens (tertiary/aromatic N) is 2. The highest BCUT2D eigenvalue weighted by atomic mass is 19.1. The molecule has 1 aromatic carbocycles. The Kier molecular flexibility index (Phi) is 4.88. The Bertz CT molecular complexity index is 677. The van der Waals surface area contributed by atoms with Crippen LogP contribution in [0.15, 0.2) is 36.4 Å². The topological polar surface area (TPSA) is 37.4 Å². The Hall–Kier alpha value is -1.98. The third-order valence-corrected chi connectivity index (χ3v) is 4.17. The van der Waals surface area contributed by atoms with Crippen molar-refractivity contribution in [3.05, 3.63) is 59.2 Å². The number of piperazine rings is 1. The van der Waals surface area contributed by atoms with E-state index < -0.39 is 0 Å². The first-order chi connectivity index (χ1) is 11.2. The molecule has 0 bridgehead atoms. The fraction of sp³-hybridized carbons (Fsp3) is 0.389. The summed E-state index contributed by atoms with van der Waals surface area (Å²) in [6, 6.07) is 10.9. The third kappa shape index (κ3) is 3.86. The third-order valence-electron chi connectivity index (χ3n) is 4.17. The lowest BCUT2D eigenvalue weighted by Crippen LogP contribution is -2.45. The number of halogens is 1. The highest BCUT2D eigenvalue weighted by Gasteiger charge is 2.24. The molecule has 1 saturated heterocycles. The molecule has 0 saturated carbocycles. The van der Waals surface area contributed by atoms with Gasteiger partial charge in [0.25, 0.3) is 0 Å². The minimum absolute atomic E-state index is 0.146. The highest BCUT2D eigenvalue weighted by Crippen LogP contribution is 2.25. The smallest absolute Gasteiger partial charge is 0.123 e. The standard InChI is InChI=1S/C18H22FN3O/c1-13-8-17(23-2)10-16(21-13)12-22-7-6-20-11-18(22)14-4-3-5-15(19)9-14/h3-5,8-10,18,20H,6-7,11-12H2,1-2H3. The molecule has 4 nitrogen and oxygen atoms in total. The highest BCUT2D eigenvalue weighted by molar-refractivity contribution is 5.27. The summed E-state index contributed by atoms with van der Waals surface area (Å²) in [4.78, 5) is 6.95. The van der Waals surface area contributed by atoms with Crippen molar-refractivity contribution in [1.82, 2.24) is 15.2 Å². The fourth-order valence-electron chi connectivity index (χ4n) is 3.09. The maximum absolute atomic E-state index is 13.6. The van der Waals surface area contributed by atoms with E-state index in [9.17, 15) is 4.39 Å². The van der Waals surface area contributed by atoms with Gasteiger partial charge in [0, 0.05) is 50.0 Å². The predicted octanol–water partition coefficient (Wildman–Crippen LogP) is 2.68. The minimum Gasteiger partial charge on any atom is -0.497 e. The molecular formula is C18H22FN3O. The van der Waals surface area contributed by atoms with Gasteiger partial charge in [-0.05, 0) is 24.6 Å². The molecular weight excluding hydrogens is 293 g/mol. The normalized spacial score (nSPS) is 18.8. The van der Waals surface area contributed by atoms with Crippen LogP contribution < -0.4 is 10.1 Å². The fourth-order valence-corrected chi connectivity index (χ4v) is 3.09. The SMILES string of the molecule is COc1cc(C)nc(CN2CCNCC2c2cccc(F)c2)c1. The van der Waals surface area contributed by atoms with Crippen LogP contribution in [-0.2, 0) is 6.54 Å². The van der Waals surface area contributed by atoms with Gasteiger partial charge in [-0.15, -0.1) is 0 Å². The largest absolute Gasteiger partial charge is 0.497 e. The lowest BCUT2D eigenvalue weighted by Gasteiger charge is -2.36. The predicted molar refractivity (Wildman–Crippen MR) is 87.9 cm³/mol. The Morgan fingerprint density at radius 2 is 2.22 bits per heavy atom. The summed E-state index contributed by atoms with van der Waals surface area (Å²) in [5.41, 5.74) is 2.92. The van der Waals surface area contributed by atoms with Crippen molar-refractivity contribution in [2.24, 2.45) is 0 Å². The van der Waals surface area contributed by atoms with Crippen molar-refractivity contribution in [3.63, 3.8) is 0 Å². The lowest BCUT2D eigenvalue weighted by molar-refractivity contribution is 0.151. The van der Waals surface area contributed by atoms with E-state index in [1.807, 2.05) is 25.1 Å². The zero-order valence-electron chi connectivity index (χ0n) is 13.6. The number of aryl methyl sites for hydroxylation is 1. The van der Waals surface area contributed by atoms with Gasteiger partial charge in [0.2, 0.25) is 0 Å². The van der Waals surface area contributed by atoms with Gasteiger partial charge in [0.1, 0.15) is 11.6 Å². The Morgan fingerprint density at radius 1 is 1.35 bits per heavy atom. The van der Waals surface area contributed by atoms with Crippen molar-refractivity contribution in [3.8, 4) is 5.75 Å². The van der Waals surface area contributed by atoms with Crippen LogP contribution in [0.5, 0.6) is 5.75 Å². The number of rotatable bonds is 4. The summed E-state index contributed by atoms with van der Waals surface area (Å²) in [7, 11) is 1.67. The average Bonchev–Trinajstić information content (AvgIpc) is 2.55. The molecule has 1 fully saturated rings. The molecule has 2 aromatic rings. The molecule has 1 N–H and O–H groups in total. The van der Waals surface area contributed by atoms with Gasteiger partial charge in [0.05, 0.1) is 12.8 Å². The van der Waals surface area contributed by atoms with Crippen molar-refractivity contribution in [2.75, 3.05) is 26.7 Å². The summed E-state index contributed by atoms with van der Waals surface area (Å²) >= 11 is 0. The van der Waals surface area contributed by atoms with Crippen LogP contribution in [0.3, 0.4) is 0 Å². The van der Waals surface area contributed by atoms with E-state index in [1.165, 1.54) is 6.07 Å². The number of ether oxygens (including phenoxy) is 1. The van der Waals surface area contributed by atoms with Crippen LogP contribution in [0.4, 0.5) is 4.39 Å². The van der Waals surface area contributed by atoms with Crippen LogP contribution in [0.1, 0.15) is 23.0 Å². The molecule has 5 heteroatoms. The molecule has 0 aliphatic carbocycles. The van der Waals surface area contributed by atoms with Gasteiger partial charge in [-0.3, -0.25) is 9.88 Å². The van der Waals surface area contributed by atoms with Crippen LogP contribution in [-0.4, -0.2) is 36.6 Å². The zero-order valence-corrected chi connectivity index (χ0v) is 13.6. The molecule has 2 heterocycles. The van der Waals surface area contributed by atoms with E-state index in [1.54, 1.807) is 19.2 Å². The lowest BCUT2D eigenvalue weighted by atomic mass is 10.0. The second-order valence-corrected chi connectivity index (χ2v) is 5.89. The second kappa shape index (κ2) is 7.06. The molecule has 1 aliphatic heterocycles. The molecule has 0 spiro atoms. The van der Waals surface area contributed by atoms with Gasteiger partial charge in [-0.2, -0.15) is 0 Å². The summed E-state index contributed by atoms with van der Waals surface area (Å²) in [6.45, 7) is 5.33. The quantitative estimate of drug-likeness (QED) is 0.941. The van der Waals surface area contributed by atoms with Crippen molar-refractivity contribution in [1.29, 1.82) is 0 Å². The van der Waals surface area contributed by atoms with Crippen LogP contribution in [0.25, 0.3) is 0 Å². The summed E-state index contributed by atoms with van der Waals surface area (Å²) in [5, 5.41) is 3.39. The van der Waals surface area contributed by atoms with E-state index >= 15 is 0 Å². The summed E-state index contributed by atoms with van der Waals surface area (Å²) < 4.78 is 18.9. The van der Waals surface area contributed by atoms with Crippen LogP contribution >= 0.6 is 0 Å². The zero-order chi connectivity index (χ0) is 16.2. The molecule has 1 aromatic heterocycles. The second-order valence-electron chi connectivity index (χ2n) is 5.89. The molecule has 1 aliphatic rings. The number of nitrogens with one attached hydrogen (secondary N) is 1. The Labute approximate surface area is 136 Å². The van der Waals surface area contributed by atoms with Crippen LogP contribution in [0, 0.1) is 12.7 Å². The minimum atomic E-state index is -0.191.